The molecule has 4 rings (SSSR count). The second-order valence-electron chi connectivity index (χ2n) is 5.62. The molecule has 0 radical (unpaired) electrons. The number of aromatic nitrogens is 2. The van der Waals surface area contributed by atoms with Crippen molar-refractivity contribution < 1.29 is 10.0 Å². The van der Waals surface area contributed by atoms with Crippen molar-refractivity contribution in [2.75, 3.05) is 0 Å². The van der Waals surface area contributed by atoms with Gasteiger partial charge in [0.25, 0.3) is 5.91 Å². The van der Waals surface area contributed by atoms with E-state index in [1.807, 2.05) is 54.6 Å². The maximum absolute atomic E-state index is 12.2. The SMILES string of the molecule is O=C(NO)[C@H]1Cc2ccccc2-c2[nH]nc(-c3ccccc3)c21. The average molecular weight is 305 g/mol. The normalized spacial score (nSPS) is 15.6. The lowest BCUT2D eigenvalue weighted by Crippen LogP contribution is -2.29. The molecular formula is C18H15N3O2. The van der Waals surface area contributed by atoms with E-state index in [9.17, 15) is 4.79 Å². The summed E-state index contributed by atoms with van der Waals surface area (Å²) in [6.07, 6.45) is 0.537. The molecule has 1 amide bonds. The number of hydrogen-bond acceptors (Lipinski definition) is 3. The Kier molecular flexibility index (Phi) is 3.20. The molecule has 0 fully saturated rings. The molecule has 3 aromatic rings. The van der Waals surface area contributed by atoms with Crippen LogP contribution >= 0.6 is 0 Å². The van der Waals surface area contributed by atoms with E-state index in [4.69, 9.17) is 5.21 Å². The number of aromatic amines is 1. The van der Waals surface area contributed by atoms with Gasteiger partial charge in [0.2, 0.25) is 0 Å². The summed E-state index contributed by atoms with van der Waals surface area (Å²) in [5.74, 6) is -0.891. The zero-order valence-electron chi connectivity index (χ0n) is 12.3. The lowest BCUT2D eigenvalue weighted by molar-refractivity contribution is -0.130. The number of carbonyl (C=O) groups is 1. The van der Waals surface area contributed by atoms with Crippen LogP contribution in [0.1, 0.15) is 17.0 Å². The third kappa shape index (κ3) is 2.13. The van der Waals surface area contributed by atoms with E-state index < -0.39 is 11.8 Å². The molecule has 2 aromatic carbocycles. The molecule has 0 saturated carbocycles. The predicted octanol–water partition coefficient (Wildman–Crippen LogP) is 2.89. The molecule has 1 heterocycles. The molecule has 3 N–H and O–H groups in total. The molecule has 0 unspecified atom stereocenters. The van der Waals surface area contributed by atoms with Crippen molar-refractivity contribution in [1.29, 1.82) is 0 Å². The van der Waals surface area contributed by atoms with Crippen LogP contribution in [0.5, 0.6) is 0 Å². The molecule has 5 nitrogen and oxygen atoms in total. The molecule has 1 aromatic heterocycles. The van der Waals surface area contributed by atoms with E-state index in [0.29, 0.717) is 6.42 Å². The Bertz CT molecular complexity index is 857. The molecule has 23 heavy (non-hydrogen) atoms. The molecule has 0 bridgehead atoms. The molecule has 0 aliphatic heterocycles. The minimum atomic E-state index is -0.473. The molecule has 1 atom stereocenters. The number of nitrogens with zero attached hydrogens (tertiary/aromatic N) is 1. The molecular weight excluding hydrogens is 290 g/mol. The van der Waals surface area contributed by atoms with Crippen LogP contribution in [-0.4, -0.2) is 21.3 Å². The highest BCUT2D eigenvalue weighted by molar-refractivity contribution is 5.91. The maximum Gasteiger partial charge on any atom is 0.251 e. The van der Waals surface area contributed by atoms with Crippen LogP contribution in [0.25, 0.3) is 22.5 Å². The third-order valence-corrected chi connectivity index (χ3v) is 4.34. The zero-order chi connectivity index (χ0) is 15.8. The standard InChI is InChI=1S/C18H15N3O2/c22-18(21-23)14-10-12-8-4-5-9-13(12)17-15(14)16(19-20-17)11-6-2-1-3-7-11/h1-9,14,23H,10H2,(H,19,20)(H,21,22)/t14-/m0/s1. The van der Waals surface area contributed by atoms with Crippen LogP contribution in [0.3, 0.4) is 0 Å². The second-order valence-corrected chi connectivity index (χ2v) is 5.62. The largest absolute Gasteiger partial charge is 0.289 e. The van der Waals surface area contributed by atoms with Gasteiger partial charge >= 0.3 is 0 Å². The number of hydrogen-bond donors (Lipinski definition) is 3. The van der Waals surface area contributed by atoms with E-state index in [-0.39, 0.29) is 0 Å². The Morgan fingerprint density at radius 3 is 2.65 bits per heavy atom. The van der Waals surface area contributed by atoms with Gasteiger partial charge in [-0.25, -0.2) is 5.48 Å². The second kappa shape index (κ2) is 5.37. The predicted molar refractivity (Wildman–Crippen MR) is 85.8 cm³/mol. The summed E-state index contributed by atoms with van der Waals surface area (Å²) in [5, 5.41) is 16.7. The van der Waals surface area contributed by atoms with Gasteiger partial charge in [-0.05, 0) is 12.0 Å². The number of nitrogens with one attached hydrogen (secondary N) is 2. The zero-order valence-corrected chi connectivity index (χ0v) is 12.3. The summed E-state index contributed by atoms with van der Waals surface area (Å²) in [4.78, 5) is 12.2. The molecule has 114 valence electrons. The van der Waals surface area contributed by atoms with Crippen LogP contribution in [0.15, 0.2) is 54.6 Å². The third-order valence-electron chi connectivity index (χ3n) is 4.34. The summed E-state index contributed by atoms with van der Waals surface area (Å²) >= 11 is 0. The number of benzene rings is 2. The lowest BCUT2D eigenvalue weighted by Gasteiger charge is -2.24. The van der Waals surface area contributed by atoms with Crippen LogP contribution < -0.4 is 5.48 Å². The van der Waals surface area contributed by atoms with Gasteiger partial charge < -0.3 is 0 Å². The highest BCUT2D eigenvalue weighted by Gasteiger charge is 2.34. The monoisotopic (exact) mass is 305 g/mol. The Labute approximate surface area is 132 Å². The number of hydroxylamine groups is 1. The number of H-pyrrole nitrogens is 1. The average Bonchev–Trinajstić information content (AvgIpc) is 3.06. The van der Waals surface area contributed by atoms with E-state index in [1.54, 1.807) is 5.48 Å². The van der Waals surface area contributed by atoms with Crippen molar-refractivity contribution in [3.05, 3.63) is 65.7 Å². The van der Waals surface area contributed by atoms with Crippen molar-refractivity contribution in [1.82, 2.24) is 15.7 Å². The van der Waals surface area contributed by atoms with Gasteiger partial charge in [0.1, 0.15) is 0 Å². The Hall–Kier alpha value is -2.92. The van der Waals surface area contributed by atoms with Crippen molar-refractivity contribution in [2.24, 2.45) is 0 Å². The molecule has 5 heteroatoms. The molecule has 1 aliphatic carbocycles. The Morgan fingerprint density at radius 1 is 1.13 bits per heavy atom. The van der Waals surface area contributed by atoms with E-state index >= 15 is 0 Å². The van der Waals surface area contributed by atoms with E-state index in [1.165, 1.54) is 0 Å². The fraction of sp³-hybridized carbons (Fsp3) is 0.111. The topological polar surface area (TPSA) is 78.0 Å². The first-order chi connectivity index (χ1) is 11.3. The summed E-state index contributed by atoms with van der Waals surface area (Å²) in [6.45, 7) is 0. The van der Waals surface area contributed by atoms with Crippen LogP contribution in [-0.2, 0) is 11.2 Å². The molecule has 0 spiro atoms. The van der Waals surface area contributed by atoms with Crippen molar-refractivity contribution >= 4 is 5.91 Å². The summed E-state index contributed by atoms with van der Waals surface area (Å²) in [7, 11) is 0. The van der Waals surface area contributed by atoms with Crippen LogP contribution in [0.2, 0.25) is 0 Å². The fourth-order valence-corrected chi connectivity index (χ4v) is 3.28. The maximum atomic E-state index is 12.2. The number of fused-ring (bicyclic) bond motifs is 3. The smallest absolute Gasteiger partial charge is 0.251 e. The first-order valence-electron chi connectivity index (χ1n) is 7.45. The van der Waals surface area contributed by atoms with Gasteiger partial charge in [-0.15, -0.1) is 0 Å². The first kappa shape index (κ1) is 13.7. The van der Waals surface area contributed by atoms with Gasteiger partial charge in [-0.3, -0.25) is 15.1 Å². The lowest BCUT2D eigenvalue weighted by atomic mass is 9.80. The van der Waals surface area contributed by atoms with Crippen molar-refractivity contribution in [2.45, 2.75) is 12.3 Å². The van der Waals surface area contributed by atoms with Crippen LogP contribution in [0.4, 0.5) is 0 Å². The Morgan fingerprint density at radius 2 is 1.87 bits per heavy atom. The molecule has 1 aliphatic rings. The van der Waals surface area contributed by atoms with Gasteiger partial charge in [0.15, 0.2) is 0 Å². The minimum absolute atomic E-state index is 0.417. The fourth-order valence-electron chi connectivity index (χ4n) is 3.28. The first-order valence-corrected chi connectivity index (χ1v) is 7.45. The quantitative estimate of drug-likeness (QED) is 0.503. The van der Waals surface area contributed by atoms with Crippen molar-refractivity contribution in [3.8, 4) is 22.5 Å². The summed E-state index contributed by atoms with van der Waals surface area (Å²) in [5.41, 5.74) is 7.29. The highest BCUT2D eigenvalue weighted by Crippen LogP contribution is 2.42. The van der Waals surface area contributed by atoms with E-state index in [0.717, 1.165) is 33.6 Å². The Balaban J connectivity index is 1.95. The minimum Gasteiger partial charge on any atom is -0.289 e. The van der Waals surface area contributed by atoms with Gasteiger partial charge in [0, 0.05) is 16.7 Å². The summed E-state index contributed by atoms with van der Waals surface area (Å²) < 4.78 is 0. The van der Waals surface area contributed by atoms with Gasteiger partial charge in [-0.1, -0.05) is 54.6 Å². The van der Waals surface area contributed by atoms with Gasteiger partial charge in [-0.2, -0.15) is 5.10 Å². The number of rotatable bonds is 2. The summed E-state index contributed by atoms with van der Waals surface area (Å²) in [6, 6.07) is 17.7. The van der Waals surface area contributed by atoms with Gasteiger partial charge in [0.05, 0.1) is 17.3 Å². The molecule has 0 saturated heterocycles. The number of amides is 1. The van der Waals surface area contributed by atoms with Crippen molar-refractivity contribution in [3.63, 3.8) is 0 Å². The van der Waals surface area contributed by atoms with E-state index in [2.05, 4.69) is 10.2 Å². The highest BCUT2D eigenvalue weighted by atomic mass is 16.5. The number of carbonyl (C=O) groups excluding carboxylic acids is 1. The van der Waals surface area contributed by atoms with Crippen LogP contribution in [0, 0.1) is 0 Å².